The third-order valence-electron chi connectivity index (χ3n) is 4.00. The minimum atomic E-state index is -0.983. The van der Waals surface area contributed by atoms with Gasteiger partial charge in [0.1, 0.15) is 5.60 Å². The Morgan fingerprint density at radius 2 is 1.89 bits per heavy atom. The van der Waals surface area contributed by atoms with Crippen LogP contribution in [0, 0.1) is 0 Å². The number of carbonyl (C=O) groups is 1. The van der Waals surface area contributed by atoms with E-state index >= 15 is 0 Å². The molecular formula is C14H22O4. The Bertz CT molecular complexity index is 383. The van der Waals surface area contributed by atoms with Crippen LogP contribution in [0.4, 0.5) is 0 Å². The van der Waals surface area contributed by atoms with E-state index < -0.39 is 22.8 Å². The molecule has 2 fully saturated rings. The number of rotatable bonds is 2. The highest BCUT2D eigenvalue weighted by molar-refractivity contribution is 5.87. The smallest absolute Gasteiger partial charge is 0.333 e. The molecule has 3 atom stereocenters. The second-order valence-corrected chi connectivity index (χ2v) is 6.46. The maximum Gasteiger partial charge on any atom is 0.333 e. The summed E-state index contributed by atoms with van der Waals surface area (Å²) in [5, 5.41) is 20.8. The number of hydrogen-bond acceptors (Lipinski definition) is 4. The van der Waals surface area contributed by atoms with Crippen LogP contribution in [0.5, 0.6) is 0 Å². The van der Waals surface area contributed by atoms with Gasteiger partial charge in [-0.2, -0.15) is 0 Å². The molecule has 0 aromatic rings. The lowest BCUT2D eigenvalue weighted by Gasteiger charge is -2.53. The highest BCUT2D eigenvalue weighted by Crippen LogP contribution is 2.51. The van der Waals surface area contributed by atoms with Gasteiger partial charge in [0.2, 0.25) is 0 Å². The fourth-order valence-corrected chi connectivity index (χ4v) is 3.69. The molecule has 2 saturated carbocycles. The summed E-state index contributed by atoms with van der Waals surface area (Å²) in [6.07, 6.45) is 3.35. The van der Waals surface area contributed by atoms with E-state index in [2.05, 4.69) is 6.58 Å². The molecule has 102 valence electrons. The first-order valence-electron chi connectivity index (χ1n) is 6.49. The molecule has 2 N–H and O–H groups in total. The van der Waals surface area contributed by atoms with Crippen molar-refractivity contribution in [3.63, 3.8) is 0 Å². The second kappa shape index (κ2) is 4.07. The Labute approximate surface area is 108 Å². The molecule has 2 aliphatic rings. The van der Waals surface area contributed by atoms with Gasteiger partial charge < -0.3 is 14.9 Å². The van der Waals surface area contributed by atoms with Gasteiger partial charge in [-0.15, -0.1) is 0 Å². The van der Waals surface area contributed by atoms with Gasteiger partial charge in [0.15, 0.2) is 0 Å². The van der Waals surface area contributed by atoms with Crippen LogP contribution in [0.15, 0.2) is 12.2 Å². The largest absolute Gasteiger partial charge is 0.456 e. The van der Waals surface area contributed by atoms with E-state index in [1.807, 2.05) is 0 Å². The zero-order chi connectivity index (χ0) is 13.6. The van der Waals surface area contributed by atoms with Gasteiger partial charge in [-0.05, 0) is 33.1 Å². The van der Waals surface area contributed by atoms with Crippen LogP contribution < -0.4 is 0 Å². The Balaban J connectivity index is 2.24. The van der Waals surface area contributed by atoms with Crippen molar-refractivity contribution in [2.24, 2.45) is 0 Å². The fourth-order valence-electron chi connectivity index (χ4n) is 3.69. The second-order valence-electron chi connectivity index (χ2n) is 6.46. The number of esters is 1. The van der Waals surface area contributed by atoms with Crippen molar-refractivity contribution in [1.29, 1.82) is 0 Å². The summed E-state index contributed by atoms with van der Waals surface area (Å²) in [7, 11) is 0. The molecule has 0 radical (unpaired) electrons. The average Bonchev–Trinajstić information content (AvgIpc) is 2.11. The average molecular weight is 254 g/mol. The molecule has 18 heavy (non-hydrogen) atoms. The van der Waals surface area contributed by atoms with Gasteiger partial charge in [-0.3, -0.25) is 0 Å². The number of ether oxygens (including phenoxy) is 1. The molecule has 2 rings (SSSR count). The van der Waals surface area contributed by atoms with Gasteiger partial charge in [-0.1, -0.05) is 6.58 Å². The fraction of sp³-hybridized carbons (Fsp3) is 0.786. The highest BCUT2D eigenvalue weighted by Gasteiger charge is 2.56. The zero-order valence-corrected chi connectivity index (χ0v) is 11.2. The van der Waals surface area contributed by atoms with Crippen LogP contribution in [0.1, 0.15) is 52.4 Å². The van der Waals surface area contributed by atoms with Crippen molar-refractivity contribution in [2.75, 3.05) is 0 Å². The molecule has 0 aliphatic heterocycles. The summed E-state index contributed by atoms with van der Waals surface area (Å²) in [5.41, 5.74) is -2.27. The zero-order valence-electron chi connectivity index (χ0n) is 11.2. The lowest BCUT2D eigenvalue weighted by atomic mass is 9.61. The first-order chi connectivity index (χ1) is 8.16. The molecule has 0 aromatic heterocycles. The van der Waals surface area contributed by atoms with Gasteiger partial charge in [-0.25, -0.2) is 4.79 Å². The predicted molar refractivity (Wildman–Crippen MR) is 66.9 cm³/mol. The van der Waals surface area contributed by atoms with E-state index in [4.69, 9.17) is 4.74 Å². The summed E-state index contributed by atoms with van der Waals surface area (Å²) >= 11 is 0. The number of fused-ring (bicyclic) bond motifs is 2. The van der Waals surface area contributed by atoms with E-state index in [1.165, 1.54) is 0 Å². The molecule has 2 bridgehead atoms. The molecule has 0 spiro atoms. The summed E-state index contributed by atoms with van der Waals surface area (Å²) in [6.45, 7) is 6.88. The molecule has 0 saturated heterocycles. The normalized spacial score (nSPS) is 43.3. The minimum absolute atomic E-state index is 0.351. The van der Waals surface area contributed by atoms with Crippen molar-refractivity contribution >= 4 is 5.97 Å². The number of carbonyl (C=O) groups excluding carboxylic acids is 1. The lowest BCUT2D eigenvalue weighted by molar-refractivity contribution is -0.213. The molecule has 3 unspecified atom stereocenters. The highest BCUT2D eigenvalue weighted by atomic mass is 16.6. The maximum atomic E-state index is 11.7. The van der Waals surface area contributed by atoms with E-state index in [1.54, 1.807) is 13.8 Å². The van der Waals surface area contributed by atoms with Crippen molar-refractivity contribution < 1.29 is 19.7 Å². The maximum absolute atomic E-state index is 11.7. The first-order valence-corrected chi connectivity index (χ1v) is 6.49. The number of aliphatic hydroxyl groups is 2. The van der Waals surface area contributed by atoms with Gasteiger partial charge in [0.25, 0.3) is 0 Å². The quantitative estimate of drug-likeness (QED) is 0.581. The van der Waals surface area contributed by atoms with Crippen molar-refractivity contribution in [3.8, 4) is 0 Å². The van der Waals surface area contributed by atoms with Crippen LogP contribution in [0.3, 0.4) is 0 Å². The van der Waals surface area contributed by atoms with Gasteiger partial charge >= 0.3 is 5.97 Å². The van der Waals surface area contributed by atoms with Crippen LogP contribution in [0.25, 0.3) is 0 Å². The van der Waals surface area contributed by atoms with E-state index in [0.29, 0.717) is 37.7 Å². The summed E-state index contributed by atoms with van der Waals surface area (Å²) < 4.78 is 5.55. The summed E-state index contributed by atoms with van der Waals surface area (Å²) in [6, 6.07) is 0. The third-order valence-corrected chi connectivity index (χ3v) is 4.00. The Morgan fingerprint density at radius 1 is 1.22 bits per heavy atom. The van der Waals surface area contributed by atoms with Gasteiger partial charge in [0.05, 0.1) is 11.2 Å². The summed E-state index contributed by atoms with van der Waals surface area (Å²) in [5.74, 6) is -0.433. The lowest BCUT2D eigenvalue weighted by Crippen LogP contribution is -2.59. The molecule has 0 amide bonds. The van der Waals surface area contributed by atoms with Crippen molar-refractivity contribution in [2.45, 2.75) is 69.2 Å². The molecule has 4 heteroatoms. The van der Waals surface area contributed by atoms with Crippen LogP contribution >= 0.6 is 0 Å². The molecule has 2 aliphatic carbocycles. The topological polar surface area (TPSA) is 66.8 Å². The molecule has 0 heterocycles. The SMILES string of the molecule is C=C(C)C(=O)OC12CCCC(O)(CC(C)(O)C1)C2. The van der Waals surface area contributed by atoms with E-state index in [9.17, 15) is 15.0 Å². The number of hydrogen-bond donors (Lipinski definition) is 2. The van der Waals surface area contributed by atoms with Crippen molar-refractivity contribution in [1.82, 2.24) is 0 Å². The molecule has 0 aromatic carbocycles. The van der Waals surface area contributed by atoms with Crippen LogP contribution in [-0.2, 0) is 9.53 Å². The van der Waals surface area contributed by atoms with Crippen LogP contribution in [-0.4, -0.2) is 33.0 Å². The summed E-state index contributed by atoms with van der Waals surface area (Å²) in [4.78, 5) is 11.7. The predicted octanol–water partition coefficient (Wildman–Crippen LogP) is 1.69. The molecule has 4 nitrogen and oxygen atoms in total. The van der Waals surface area contributed by atoms with E-state index in [0.717, 1.165) is 6.42 Å². The standard InChI is InChI=1S/C14H22O4/c1-10(2)11(15)18-14-6-4-5-13(17,9-14)7-12(3,16)8-14/h16-17H,1,4-9H2,2-3H3. The Hall–Kier alpha value is -0.870. The van der Waals surface area contributed by atoms with Crippen molar-refractivity contribution in [3.05, 3.63) is 12.2 Å². The third kappa shape index (κ3) is 2.59. The Kier molecular flexibility index (Phi) is 3.06. The molecular weight excluding hydrogens is 232 g/mol. The monoisotopic (exact) mass is 254 g/mol. The minimum Gasteiger partial charge on any atom is -0.456 e. The Morgan fingerprint density at radius 3 is 2.50 bits per heavy atom. The first kappa shape index (κ1) is 13.6. The van der Waals surface area contributed by atoms with E-state index in [-0.39, 0.29) is 0 Å². The van der Waals surface area contributed by atoms with Crippen LogP contribution in [0.2, 0.25) is 0 Å². The van der Waals surface area contributed by atoms with Gasteiger partial charge in [0, 0.05) is 24.8 Å².